The first-order valence-electron chi connectivity index (χ1n) is 4.26. The van der Waals surface area contributed by atoms with E-state index in [0.29, 0.717) is 10.7 Å². The third kappa shape index (κ3) is 5.35. The number of anilines is 1. The molecule has 86 valence electrons. The van der Waals surface area contributed by atoms with Crippen molar-refractivity contribution < 1.29 is 9.53 Å². The predicted octanol–water partition coefficient (Wildman–Crippen LogP) is 4.60. The van der Waals surface area contributed by atoms with Gasteiger partial charge in [-0.25, -0.2) is 4.79 Å². The van der Waals surface area contributed by atoms with Crippen LogP contribution in [0.3, 0.4) is 0 Å². The van der Waals surface area contributed by atoms with Crippen molar-refractivity contribution >= 4 is 68.6 Å². The zero-order chi connectivity index (χ0) is 12.0. The Balaban J connectivity index is 2.43. The highest BCUT2D eigenvalue weighted by Gasteiger charge is 2.03. The van der Waals surface area contributed by atoms with Crippen molar-refractivity contribution in [3.63, 3.8) is 0 Å². The second kappa shape index (κ2) is 7.33. The number of carbonyl (C=O) groups is 1. The largest absolute Gasteiger partial charge is 0.444 e. The first-order valence-corrected chi connectivity index (χ1v) is 6.96. The Kier molecular flexibility index (Phi) is 6.44. The Bertz CT molecular complexity index is 392. The summed E-state index contributed by atoms with van der Waals surface area (Å²) in [5.74, 6) is 0. The molecule has 0 saturated carbocycles. The van der Waals surface area contributed by atoms with Crippen molar-refractivity contribution in [3.8, 4) is 0 Å². The maximum atomic E-state index is 11.3. The summed E-state index contributed by atoms with van der Waals surface area (Å²) in [6, 6.07) is 6.82. The SMILES string of the molecule is O=C(Nc1ccc(Cl)cc1)OC/C(I)=C\I. The minimum Gasteiger partial charge on any atom is -0.444 e. The molecule has 1 N–H and O–H groups in total. The van der Waals surface area contributed by atoms with Crippen molar-refractivity contribution in [2.24, 2.45) is 0 Å². The second-order valence-electron chi connectivity index (χ2n) is 2.76. The molecule has 0 heterocycles. The average Bonchev–Trinajstić information content (AvgIpc) is 2.29. The number of hydrogen-bond donors (Lipinski definition) is 1. The van der Waals surface area contributed by atoms with Gasteiger partial charge >= 0.3 is 6.09 Å². The number of ether oxygens (including phenoxy) is 1. The molecule has 6 heteroatoms. The van der Waals surface area contributed by atoms with Crippen LogP contribution in [0.15, 0.2) is 31.9 Å². The molecule has 1 aromatic carbocycles. The summed E-state index contributed by atoms with van der Waals surface area (Å²) in [6.45, 7) is 0.281. The minimum absolute atomic E-state index is 0.281. The van der Waals surface area contributed by atoms with E-state index in [-0.39, 0.29) is 6.61 Å². The van der Waals surface area contributed by atoms with E-state index in [1.54, 1.807) is 24.3 Å². The van der Waals surface area contributed by atoms with Crippen LogP contribution in [-0.2, 0) is 4.74 Å². The molecule has 0 atom stereocenters. The van der Waals surface area contributed by atoms with Gasteiger partial charge in [0.1, 0.15) is 6.61 Å². The lowest BCUT2D eigenvalue weighted by Crippen LogP contribution is -2.14. The third-order valence-corrected chi connectivity index (χ3v) is 4.37. The van der Waals surface area contributed by atoms with E-state index in [1.807, 2.05) is 4.08 Å². The summed E-state index contributed by atoms with van der Waals surface area (Å²) in [6.07, 6.45) is -0.477. The Hall–Kier alpha value is -0.0200. The molecule has 1 amide bonds. The Labute approximate surface area is 126 Å². The van der Waals surface area contributed by atoms with E-state index >= 15 is 0 Å². The zero-order valence-corrected chi connectivity index (χ0v) is 13.1. The normalized spacial score (nSPS) is 11.1. The van der Waals surface area contributed by atoms with Crippen molar-refractivity contribution in [1.82, 2.24) is 0 Å². The van der Waals surface area contributed by atoms with Gasteiger partial charge in [0.2, 0.25) is 0 Å². The van der Waals surface area contributed by atoms with Crippen molar-refractivity contribution in [3.05, 3.63) is 37.0 Å². The molecular weight excluding hydrogens is 455 g/mol. The molecule has 1 aromatic rings. The summed E-state index contributed by atoms with van der Waals surface area (Å²) < 4.78 is 7.78. The van der Waals surface area contributed by atoms with Gasteiger partial charge in [0.05, 0.1) is 0 Å². The fourth-order valence-electron chi connectivity index (χ4n) is 0.853. The van der Waals surface area contributed by atoms with Crippen LogP contribution in [0.4, 0.5) is 10.5 Å². The van der Waals surface area contributed by atoms with Crippen molar-refractivity contribution in [1.29, 1.82) is 0 Å². The number of hydrogen-bond acceptors (Lipinski definition) is 2. The zero-order valence-electron chi connectivity index (χ0n) is 8.04. The summed E-state index contributed by atoms with van der Waals surface area (Å²) in [7, 11) is 0. The van der Waals surface area contributed by atoms with E-state index in [1.165, 1.54) is 0 Å². The van der Waals surface area contributed by atoms with Crippen LogP contribution in [0, 0.1) is 0 Å². The quantitative estimate of drug-likeness (QED) is 0.666. The first kappa shape index (κ1) is 14.0. The average molecular weight is 463 g/mol. The van der Waals surface area contributed by atoms with Gasteiger partial charge in [-0.05, 0) is 50.9 Å². The molecule has 0 unspecified atom stereocenters. The van der Waals surface area contributed by atoms with E-state index in [2.05, 4.69) is 50.5 Å². The maximum Gasteiger partial charge on any atom is 0.411 e. The van der Waals surface area contributed by atoms with E-state index in [9.17, 15) is 4.79 Å². The summed E-state index contributed by atoms with van der Waals surface area (Å²) in [5, 5.41) is 3.22. The van der Waals surface area contributed by atoms with Gasteiger partial charge in [-0.1, -0.05) is 34.2 Å². The van der Waals surface area contributed by atoms with Gasteiger partial charge in [-0.3, -0.25) is 5.32 Å². The number of halogens is 3. The minimum atomic E-state index is -0.477. The smallest absolute Gasteiger partial charge is 0.411 e. The van der Waals surface area contributed by atoms with Crippen LogP contribution >= 0.6 is 56.8 Å². The molecule has 0 bridgehead atoms. The van der Waals surface area contributed by atoms with Crippen molar-refractivity contribution in [2.45, 2.75) is 0 Å². The van der Waals surface area contributed by atoms with Gasteiger partial charge in [-0.2, -0.15) is 0 Å². The summed E-state index contributed by atoms with van der Waals surface area (Å²) in [4.78, 5) is 11.3. The molecule has 0 aliphatic heterocycles. The monoisotopic (exact) mass is 463 g/mol. The van der Waals surface area contributed by atoms with Crippen LogP contribution in [0.5, 0.6) is 0 Å². The summed E-state index contributed by atoms with van der Waals surface area (Å²) >= 11 is 9.91. The van der Waals surface area contributed by atoms with Crippen LogP contribution in [-0.4, -0.2) is 12.7 Å². The van der Waals surface area contributed by atoms with Gasteiger partial charge in [0.25, 0.3) is 0 Å². The Morgan fingerprint density at radius 3 is 2.62 bits per heavy atom. The van der Waals surface area contributed by atoms with Crippen LogP contribution in [0.2, 0.25) is 5.02 Å². The molecule has 0 saturated heterocycles. The molecule has 0 aliphatic carbocycles. The summed E-state index contributed by atoms with van der Waals surface area (Å²) in [5.41, 5.74) is 0.655. The van der Waals surface area contributed by atoms with Gasteiger partial charge in [0, 0.05) is 14.3 Å². The molecule has 1 rings (SSSR count). The Morgan fingerprint density at radius 1 is 1.44 bits per heavy atom. The topological polar surface area (TPSA) is 38.3 Å². The lowest BCUT2D eigenvalue weighted by atomic mass is 10.3. The molecule has 0 radical (unpaired) electrons. The van der Waals surface area contributed by atoms with E-state index in [4.69, 9.17) is 16.3 Å². The highest BCUT2D eigenvalue weighted by molar-refractivity contribution is 14.1. The maximum absolute atomic E-state index is 11.3. The van der Waals surface area contributed by atoms with Crippen LogP contribution in [0.1, 0.15) is 0 Å². The predicted molar refractivity (Wildman–Crippen MR) is 82.5 cm³/mol. The lowest BCUT2D eigenvalue weighted by Gasteiger charge is -2.06. The highest BCUT2D eigenvalue weighted by Crippen LogP contribution is 2.14. The lowest BCUT2D eigenvalue weighted by molar-refractivity contribution is 0.174. The third-order valence-electron chi connectivity index (χ3n) is 1.55. The standard InChI is InChI=1S/C10H8ClI2NO2/c11-7-1-3-9(4-2-7)14-10(15)16-6-8(13)5-12/h1-5H,6H2,(H,14,15)/b8-5+. The number of nitrogens with one attached hydrogen (secondary N) is 1. The first-order chi connectivity index (χ1) is 7.61. The van der Waals surface area contributed by atoms with Gasteiger partial charge in [0.15, 0.2) is 0 Å². The Morgan fingerprint density at radius 2 is 2.06 bits per heavy atom. The number of carbonyl (C=O) groups excluding carboxylic acids is 1. The number of benzene rings is 1. The molecule has 3 nitrogen and oxygen atoms in total. The fourth-order valence-corrected chi connectivity index (χ4v) is 1.31. The van der Waals surface area contributed by atoms with Gasteiger partial charge in [-0.15, -0.1) is 0 Å². The molecule has 0 fully saturated rings. The fraction of sp³-hybridized carbons (Fsp3) is 0.100. The number of rotatable bonds is 3. The van der Waals surface area contributed by atoms with Gasteiger partial charge < -0.3 is 4.74 Å². The molecule has 0 aromatic heterocycles. The molecule has 0 aliphatic rings. The number of amides is 1. The second-order valence-corrected chi connectivity index (χ2v) is 5.21. The highest BCUT2D eigenvalue weighted by atomic mass is 127. The van der Waals surface area contributed by atoms with E-state index in [0.717, 1.165) is 3.58 Å². The molecular formula is C10H8ClI2NO2. The van der Waals surface area contributed by atoms with Crippen molar-refractivity contribution in [2.75, 3.05) is 11.9 Å². The molecule has 16 heavy (non-hydrogen) atoms. The van der Waals surface area contributed by atoms with Crippen LogP contribution in [0.25, 0.3) is 0 Å². The van der Waals surface area contributed by atoms with Crippen LogP contribution < -0.4 is 5.32 Å². The molecule has 0 spiro atoms. The van der Waals surface area contributed by atoms with E-state index < -0.39 is 6.09 Å².